The zero-order chi connectivity index (χ0) is 16.0. The van der Waals surface area contributed by atoms with Crippen molar-refractivity contribution in [3.8, 4) is 5.75 Å². The minimum atomic E-state index is -1.19. The highest BCUT2D eigenvalue weighted by molar-refractivity contribution is 5.95. The number of aliphatic carboxylic acids is 1. The summed E-state index contributed by atoms with van der Waals surface area (Å²) in [6.07, 6.45) is -0.973. The van der Waals surface area contributed by atoms with Gasteiger partial charge < -0.3 is 26.0 Å². The minimum Gasteiger partial charge on any atom is -0.479 e. The quantitative estimate of drug-likeness (QED) is 0.575. The molecule has 1 aromatic rings. The van der Waals surface area contributed by atoms with Crippen LogP contribution in [0.2, 0.25) is 0 Å². The second-order valence-corrected chi connectivity index (χ2v) is 4.12. The SMILES string of the molecule is CCC(Oc1cc(C(=O)O)ccc1NC(=O)CN)C(=O)O. The van der Waals surface area contributed by atoms with Gasteiger partial charge in [-0.3, -0.25) is 4.79 Å². The van der Waals surface area contributed by atoms with E-state index in [1.807, 2.05) is 0 Å². The van der Waals surface area contributed by atoms with Gasteiger partial charge in [-0.2, -0.15) is 0 Å². The highest BCUT2D eigenvalue weighted by Gasteiger charge is 2.20. The molecule has 0 aliphatic heterocycles. The number of nitrogens with two attached hydrogens (primary N) is 1. The molecule has 0 aliphatic rings. The Kier molecular flexibility index (Phi) is 5.67. The Labute approximate surface area is 120 Å². The van der Waals surface area contributed by atoms with Gasteiger partial charge in [-0.1, -0.05) is 6.92 Å². The molecule has 0 saturated heterocycles. The summed E-state index contributed by atoms with van der Waals surface area (Å²) in [5.74, 6) is -2.92. The van der Waals surface area contributed by atoms with E-state index in [9.17, 15) is 14.4 Å². The van der Waals surface area contributed by atoms with Crippen molar-refractivity contribution in [2.24, 2.45) is 5.73 Å². The fourth-order valence-electron chi connectivity index (χ4n) is 1.52. The lowest BCUT2D eigenvalue weighted by Crippen LogP contribution is -2.27. The van der Waals surface area contributed by atoms with Crippen molar-refractivity contribution in [3.05, 3.63) is 23.8 Å². The maximum absolute atomic E-state index is 11.3. The average molecular weight is 296 g/mol. The number of hydrogen-bond donors (Lipinski definition) is 4. The second kappa shape index (κ2) is 7.25. The third-order valence-corrected chi connectivity index (χ3v) is 2.60. The Morgan fingerprint density at radius 2 is 2.00 bits per heavy atom. The molecule has 0 bridgehead atoms. The van der Waals surface area contributed by atoms with Gasteiger partial charge >= 0.3 is 11.9 Å². The first kappa shape index (κ1) is 16.4. The lowest BCUT2D eigenvalue weighted by atomic mass is 10.1. The monoisotopic (exact) mass is 296 g/mol. The smallest absolute Gasteiger partial charge is 0.344 e. The van der Waals surface area contributed by atoms with Crippen LogP contribution in [0, 0.1) is 0 Å². The number of anilines is 1. The molecular weight excluding hydrogens is 280 g/mol. The number of carboxylic acid groups (broad SMARTS) is 2. The van der Waals surface area contributed by atoms with E-state index in [1.54, 1.807) is 6.92 Å². The van der Waals surface area contributed by atoms with Crippen molar-refractivity contribution in [2.45, 2.75) is 19.4 Å². The van der Waals surface area contributed by atoms with Gasteiger partial charge in [-0.05, 0) is 24.6 Å². The van der Waals surface area contributed by atoms with Crippen LogP contribution in [-0.2, 0) is 9.59 Å². The van der Waals surface area contributed by atoms with E-state index in [2.05, 4.69) is 5.32 Å². The Hall–Kier alpha value is -2.61. The van der Waals surface area contributed by atoms with Crippen molar-refractivity contribution in [3.63, 3.8) is 0 Å². The Morgan fingerprint density at radius 1 is 1.33 bits per heavy atom. The first-order valence-electron chi connectivity index (χ1n) is 6.15. The number of carboxylic acids is 2. The van der Waals surface area contributed by atoms with Crippen molar-refractivity contribution in [1.82, 2.24) is 0 Å². The van der Waals surface area contributed by atoms with Crippen LogP contribution in [0.1, 0.15) is 23.7 Å². The number of aromatic carboxylic acids is 1. The predicted octanol–water partition coefficient (Wildman–Crippen LogP) is 0.524. The van der Waals surface area contributed by atoms with E-state index in [4.69, 9.17) is 20.7 Å². The zero-order valence-corrected chi connectivity index (χ0v) is 11.3. The van der Waals surface area contributed by atoms with Gasteiger partial charge in [0.2, 0.25) is 5.91 Å². The van der Waals surface area contributed by atoms with Crippen LogP contribution in [0.25, 0.3) is 0 Å². The van der Waals surface area contributed by atoms with E-state index in [-0.39, 0.29) is 30.0 Å². The van der Waals surface area contributed by atoms with E-state index in [0.717, 1.165) is 6.07 Å². The van der Waals surface area contributed by atoms with Crippen LogP contribution < -0.4 is 15.8 Å². The molecule has 8 heteroatoms. The summed E-state index contributed by atoms with van der Waals surface area (Å²) in [7, 11) is 0. The Bertz CT molecular complexity index is 558. The molecule has 1 unspecified atom stereocenters. The van der Waals surface area contributed by atoms with Gasteiger partial charge in [-0.15, -0.1) is 0 Å². The van der Waals surface area contributed by atoms with Crippen LogP contribution >= 0.6 is 0 Å². The van der Waals surface area contributed by atoms with Gasteiger partial charge in [0.05, 0.1) is 17.8 Å². The molecule has 114 valence electrons. The van der Waals surface area contributed by atoms with Crippen LogP contribution in [0.3, 0.4) is 0 Å². The molecule has 8 nitrogen and oxygen atoms in total. The standard InChI is InChI=1S/C13H16N2O6/c1-2-9(13(19)20)21-10-5-7(12(17)18)3-4-8(10)15-11(16)6-14/h3-5,9H,2,6,14H2,1H3,(H,15,16)(H,17,18)(H,19,20). The molecule has 1 aromatic carbocycles. The fourth-order valence-corrected chi connectivity index (χ4v) is 1.52. The van der Waals surface area contributed by atoms with Crippen LogP contribution in [0.5, 0.6) is 5.75 Å². The molecule has 1 atom stereocenters. The highest BCUT2D eigenvalue weighted by Crippen LogP contribution is 2.27. The number of benzene rings is 1. The van der Waals surface area contributed by atoms with Crippen molar-refractivity contribution in [1.29, 1.82) is 0 Å². The largest absolute Gasteiger partial charge is 0.479 e. The molecule has 0 saturated carbocycles. The molecule has 0 fully saturated rings. The van der Waals surface area contributed by atoms with Gasteiger partial charge in [0, 0.05) is 0 Å². The number of ether oxygens (including phenoxy) is 1. The fraction of sp³-hybridized carbons (Fsp3) is 0.308. The molecular formula is C13H16N2O6. The van der Waals surface area contributed by atoms with E-state index >= 15 is 0 Å². The maximum atomic E-state index is 11.3. The molecule has 0 heterocycles. The molecule has 1 amide bonds. The summed E-state index contributed by atoms with van der Waals surface area (Å²) >= 11 is 0. The third-order valence-electron chi connectivity index (χ3n) is 2.60. The van der Waals surface area contributed by atoms with Crippen molar-refractivity contribution >= 4 is 23.5 Å². The predicted molar refractivity (Wildman–Crippen MR) is 73.4 cm³/mol. The van der Waals surface area contributed by atoms with Crippen molar-refractivity contribution < 1.29 is 29.3 Å². The lowest BCUT2D eigenvalue weighted by Gasteiger charge is -2.17. The van der Waals surface area contributed by atoms with E-state index < -0.39 is 23.9 Å². The molecule has 0 spiro atoms. The Morgan fingerprint density at radius 3 is 2.48 bits per heavy atom. The molecule has 1 rings (SSSR count). The number of nitrogens with one attached hydrogen (secondary N) is 1. The van der Waals surface area contributed by atoms with Crippen LogP contribution in [0.4, 0.5) is 5.69 Å². The van der Waals surface area contributed by atoms with E-state index in [0.29, 0.717) is 0 Å². The summed E-state index contributed by atoms with van der Waals surface area (Å²) in [5, 5.41) is 20.4. The number of amides is 1. The highest BCUT2D eigenvalue weighted by atomic mass is 16.5. The van der Waals surface area contributed by atoms with Gasteiger partial charge in [0.15, 0.2) is 6.10 Å². The average Bonchev–Trinajstić information content (AvgIpc) is 2.45. The molecule has 0 aliphatic carbocycles. The third kappa shape index (κ3) is 4.46. The summed E-state index contributed by atoms with van der Waals surface area (Å²) in [4.78, 5) is 33.3. The summed E-state index contributed by atoms with van der Waals surface area (Å²) in [6.45, 7) is 1.34. The van der Waals surface area contributed by atoms with Crippen LogP contribution in [0.15, 0.2) is 18.2 Å². The van der Waals surface area contributed by atoms with Gasteiger partial charge in [0.25, 0.3) is 0 Å². The first-order valence-corrected chi connectivity index (χ1v) is 6.15. The van der Waals surface area contributed by atoms with Gasteiger partial charge in [-0.25, -0.2) is 9.59 Å². The molecule has 0 radical (unpaired) electrons. The maximum Gasteiger partial charge on any atom is 0.344 e. The van der Waals surface area contributed by atoms with Crippen LogP contribution in [-0.4, -0.2) is 40.7 Å². The van der Waals surface area contributed by atoms with Crippen molar-refractivity contribution in [2.75, 3.05) is 11.9 Å². The zero-order valence-electron chi connectivity index (χ0n) is 11.3. The normalized spacial score (nSPS) is 11.5. The Balaban J connectivity index is 3.15. The number of carbonyl (C=O) groups excluding carboxylic acids is 1. The summed E-state index contributed by atoms with van der Waals surface area (Å²) < 4.78 is 5.27. The minimum absolute atomic E-state index is 0.0362. The van der Waals surface area contributed by atoms with E-state index in [1.165, 1.54) is 12.1 Å². The van der Waals surface area contributed by atoms with Gasteiger partial charge in [0.1, 0.15) is 5.75 Å². The molecule has 21 heavy (non-hydrogen) atoms. The number of hydrogen-bond acceptors (Lipinski definition) is 5. The number of rotatable bonds is 7. The second-order valence-electron chi connectivity index (χ2n) is 4.12. The number of carbonyl (C=O) groups is 3. The molecule has 0 aromatic heterocycles. The first-order chi connectivity index (χ1) is 9.88. The lowest BCUT2D eigenvalue weighted by molar-refractivity contribution is -0.145. The molecule has 5 N–H and O–H groups in total. The summed E-state index contributed by atoms with van der Waals surface area (Å²) in [5.41, 5.74) is 5.26. The summed E-state index contributed by atoms with van der Waals surface area (Å²) in [6, 6.07) is 3.74. The topological polar surface area (TPSA) is 139 Å².